The van der Waals surface area contributed by atoms with Crippen LogP contribution in [0, 0.1) is 0 Å². The summed E-state index contributed by atoms with van der Waals surface area (Å²) in [6, 6.07) is 7.17. The number of hydrogen-bond acceptors (Lipinski definition) is 6. The van der Waals surface area contributed by atoms with Crippen LogP contribution in [0.2, 0.25) is 5.02 Å². The van der Waals surface area contributed by atoms with Crippen molar-refractivity contribution in [1.29, 1.82) is 0 Å². The van der Waals surface area contributed by atoms with Gasteiger partial charge >= 0.3 is 0 Å². The molecular formula is C24H32ClN5O2S. The minimum Gasteiger partial charge on any atom is -0.354 e. The fourth-order valence-electron chi connectivity index (χ4n) is 3.93. The molecule has 1 atom stereocenters. The van der Waals surface area contributed by atoms with Gasteiger partial charge in [0.25, 0.3) is 5.91 Å². The van der Waals surface area contributed by atoms with Crippen molar-refractivity contribution < 1.29 is 9.59 Å². The summed E-state index contributed by atoms with van der Waals surface area (Å²) in [7, 11) is 3.94. The van der Waals surface area contributed by atoms with Crippen LogP contribution in [0.15, 0.2) is 51.6 Å². The third-order valence-corrected chi connectivity index (χ3v) is 6.83. The lowest BCUT2D eigenvalue weighted by atomic mass is 9.92. The standard InChI is InChI=1S/C24H32ClN5O2S/c1-6-29(7-2)23(32)21-16(3)27-24-30(22(21)17-8-10-18(25)11-9-17)19(15-33-24)14-20(31)26-12-13-28(4)5/h8-11,15,22H,6-7,12-14H2,1-5H3,(H,26,31). The number of rotatable bonds is 9. The van der Waals surface area contributed by atoms with Crippen LogP contribution in [0.1, 0.15) is 38.8 Å². The average Bonchev–Trinajstić information content (AvgIpc) is 3.15. The number of amides is 2. The molecule has 9 heteroatoms. The Labute approximate surface area is 205 Å². The number of carbonyl (C=O) groups excluding carboxylic acids is 2. The molecule has 178 valence electrons. The van der Waals surface area contributed by atoms with E-state index in [1.807, 2.05) is 79.2 Å². The smallest absolute Gasteiger partial charge is 0.254 e. The van der Waals surface area contributed by atoms with Crippen LogP contribution in [0.25, 0.3) is 0 Å². The van der Waals surface area contributed by atoms with Crippen molar-refractivity contribution >= 4 is 40.3 Å². The number of amidine groups is 1. The number of likely N-dealkylation sites (N-methyl/N-ethyl adjacent to an activating group) is 2. The molecule has 2 aliphatic heterocycles. The number of thioether (sulfide) groups is 1. The van der Waals surface area contributed by atoms with Gasteiger partial charge < -0.3 is 20.0 Å². The van der Waals surface area contributed by atoms with Crippen molar-refractivity contribution in [1.82, 2.24) is 20.0 Å². The Morgan fingerprint density at radius 2 is 1.85 bits per heavy atom. The molecular weight excluding hydrogens is 458 g/mol. The third kappa shape index (κ3) is 5.80. The van der Waals surface area contributed by atoms with Gasteiger partial charge in [-0.2, -0.15) is 0 Å². The van der Waals surface area contributed by atoms with Crippen LogP contribution in [-0.4, -0.2) is 72.0 Å². The van der Waals surface area contributed by atoms with Crippen molar-refractivity contribution in [3.8, 4) is 0 Å². The quantitative estimate of drug-likeness (QED) is 0.570. The Morgan fingerprint density at radius 3 is 2.45 bits per heavy atom. The topological polar surface area (TPSA) is 68.2 Å². The van der Waals surface area contributed by atoms with E-state index in [0.717, 1.165) is 23.0 Å². The number of hydrogen-bond donors (Lipinski definition) is 1. The SMILES string of the molecule is CCN(CC)C(=O)C1=C(C)N=C2SC=C(CC(=O)NCCN(C)C)N2C1c1ccc(Cl)cc1. The maximum atomic E-state index is 13.6. The highest BCUT2D eigenvalue weighted by Crippen LogP contribution is 2.45. The molecule has 2 heterocycles. The maximum Gasteiger partial charge on any atom is 0.254 e. The van der Waals surface area contributed by atoms with E-state index in [0.29, 0.717) is 35.9 Å². The van der Waals surface area contributed by atoms with Crippen molar-refractivity contribution in [2.24, 2.45) is 4.99 Å². The highest BCUT2D eigenvalue weighted by Gasteiger charge is 2.41. The molecule has 1 unspecified atom stereocenters. The molecule has 0 bridgehead atoms. The summed E-state index contributed by atoms with van der Waals surface area (Å²) in [4.78, 5) is 36.9. The van der Waals surface area contributed by atoms with Crippen LogP contribution in [0.4, 0.5) is 0 Å². The molecule has 0 aliphatic carbocycles. The molecule has 0 saturated heterocycles. The molecule has 0 radical (unpaired) electrons. The second-order valence-corrected chi connectivity index (χ2v) is 9.53. The molecule has 7 nitrogen and oxygen atoms in total. The number of nitrogens with one attached hydrogen (secondary N) is 1. The molecule has 1 aromatic carbocycles. The van der Waals surface area contributed by atoms with E-state index < -0.39 is 0 Å². The van der Waals surface area contributed by atoms with Gasteiger partial charge in [-0.15, -0.1) is 0 Å². The fourth-order valence-corrected chi connectivity index (χ4v) is 5.02. The van der Waals surface area contributed by atoms with E-state index in [2.05, 4.69) is 5.32 Å². The molecule has 1 aromatic rings. The predicted molar refractivity (Wildman–Crippen MR) is 136 cm³/mol. The highest BCUT2D eigenvalue weighted by atomic mass is 35.5. The predicted octanol–water partition coefficient (Wildman–Crippen LogP) is 3.85. The summed E-state index contributed by atoms with van der Waals surface area (Å²) >= 11 is 7.64. The maximum absolute atomic E-state index is 13.6. The van der Waals surface area contributed by atoms with Gasteiger partial charge in [0.1, 0.15) is 0 Å². The largest absolute Gasteiger partial charge is 0.354 e. The number of aliphatic imine (C=N–C) groups is 1. The molecule has 0 saturated carbocycles. The normalized spacial score (nSPS) is 17.7. The van der Waals surface area contributed by atoms with Gasteiger partial charge in [-0.25, -0.2) is 4.99 Å². The van der Waals surface area contributed by atoms with Gasteiger partial charge in [0, 0.05) is 36.9 Å². The second-order valence-electron chi connectivity index (χ2n) is 8.25. The third-order valence-electron chi connectivity index (χ3n) is 5.69. The molecule has 1 N–H and O–H groups in total. The molecule has 3 rings (SSSR count). The lowest BCUT2D eigenvalue weighted by Gasteiger charge is -2.38. The van der Waals surface area contributed by atoms with Gasteiger partial charge in [0.05, 0.1) is 23.7 Å². The Hall–Kier alpha value is -2.29. The number of carbonyl (C=O) groups is 2. The zero-order chi connectivity index (χ0) is 24.1. The van der Waals surface area contributed by atoms with Crippen LogP contribution >= 0.6 is 23.4 Å². The summed E-state index contributed by atoms with van der Waals surface area (Å²) < 4.78 is 0. The van der Waals surface area contributed by atoms with E-state index in [4.69, 9.17) is 16.6 Å². The molecule has 0 spiro atoms. The summed E-state index contributed by atoms with van der Waals surface area (Å²) in [6.07, 6.45) is 0.218. The minimum absolute atomic E-state index is 0.0352. The van der Waals surface area contributed by atoms with Crippen LogP contribution in [-0.2, 0) is 9.59 Å². The highest BCUT2D eigenvalue weighted by molar-refractivity contribution is 8.16. The fraction of sp³-hybridized carbons (Fsp3) is 0.458. The Kier molecular flexibility index (Phi) is 8.62. The van der Waals surface area contributed by atoms with Crippen LogP contribution in [0.3, 0.4) is 0 Å². The first-order valence-corrected chi connectivity index (χ1v) is 12.4. The van der Waals surface area contributed by atoms with Crippen molar-refractivity contribution in [3.63, 3.8) is 0 Å². The monoisotopic (exact) mass is 489 g/mol. The van der Waals surface area contributed by atoms with Gasteiger partial charge in [-0.05, 0) is 58.0 Å². The average molecular weight is 490 g/mol. The van der Waals surface area contributed by atoms with Crippen LogP contribution in [0.5, 0.6) is 0 Å². The Morgan fingerprint density at radius 1 is 1.18 bits per heavy atom. The van der Waals surface area contributed by atoms with Crippen molar-refractivity contribution in [2.75, 3.05) is 40.3 Å². The molecule has 0 fully saturated rings. The zero-order valence-electron chi connectivity index (χ0n) is 19.9. The first-order valence-electron chi connectivity index (χ1n) is 11.2. The molecule has 33 heavy (non-hydrogen) atoms. The summed E-state index contributed by atoms with van der Waals surface area (Å²) in [5.74, 6) is -0.0883. The number of nitrogens with zero attached hydrogens (tertiary/aromatic N) is 4. The van der Waals surface area contributed by atoms with Gasteiger partial charge in [0.15, 0.2) is 5.17 Å². The zero-order valence-corrected chi connectivity index (χ0v) is 21.5. The summed E-state index contributed by atoms with van der Waals surface area (Å²) in [5, 5.41) is 6.35. The first-order chi connectivity index (χ1) is 15.8. The van der Waals surface area contributed by atoms with Gasteiger partial charge in [0.2, 0.25) is 5.91 Å². The van der Waals surface area contributed by atoms with E-state index in [9.17, 15) is 9.59 Å². The van der Waals surface area contributed by atoms with Gasteiger partial charge in [-0.3, -0.25) is 9.59 Å². The van der Waals surface area contributed by atoms with Gasteiger partial charge in [-0.1, -0.05) is 35.5 Å². The lowest BCUT2D eigenvalue weighted by Crippen LogP contribution is -2.42. The molecule has 0 aromatic heterocycles. The second kappa shape index (κ2) is 11.2. The Bertz CT molecular complexity index is 983. The number of fused-ring (bicyclic) bond motifs is 1. The van der Waals surface area contributed by atoms with Crippen molar-refractivity contribution in [2.45, 2.75) is 33.2 Å². The number of benzene rings is 1. The Balaban J connectivity index is 1.96. The van der Waals surface area contributed by atoms with Crippen molar-refractivity contribution in [3.05, 3.63) is 57.2 Å². The van der Waals surface area contributed by atoms with E-state index >= 15 is 0 Å². The van der Waals surface area contributed by atoms with E-state index in [-0.39, 0.29) is 24.3 Å². The lowest BCUT2D eigenvalue weighted by molar-refractivity contribution is -0.127. The first kappa shape index (κ1) is 25.3. The number of halogens is 1. The van der Waals surface area contributed by atoms with Crippen LogP contribution < -0.4 is 5.32 Å². The van der Waals surface area contributed by atoms with E-state index in [1.165, 1.54) is 11.8 Å². The number of allylic oxidation sites excluding steroid dienone is 1. The van der Waals surface area contributed by atoms with E-state index in [1.54, 1.807) is 0 Å². The molecule has 2 aliphatic rings. The minimum atomic E-state index is -0.376. The molecule has 2 amide bonds. The summed E-state index contributed by atoms with van der Waals surface area (Å²) in [5.41, 5.74) is 3.10. The summed E-state index contributed by atoms with van der Waals surface area (Å²) in [6.45, 7) is 8.41.